The number of benzene rings is 1. The fourth-order valence-corrected chi connectivity index (χ4v) is 11.6. The largest absolute Gasteiger partial charge is 0.490 e. The predicted octanol–water partition coefficient (Wildman–Crippen LogP) is 7.02. The Bertz CT molecular complexity index is 846. The zero-order valence-electron chi connectivity index (χ0n) is 20.8. The molecule has 0 radical (unpaired) electrons. The minimum Gasteiger partial charge on any atom is -0.490 e. The van der Waals surface area contributed by atoms with Crippen LogP contribution in [0, 0.1) is 49.4 Å². The van der Waals surface area contributed by atoms with Crippen LogP contribution in [0.25, 0.3) is 0 Å². The maximum atomic E-state index is 7.01. The molecule has 0 aromatic heterocycles. The third kappa shape index (κ3) is 3.01. The molecule has 0 amide bonds. The molecule has 1 atom stereocenters. The Balaban J connectivity index is 1.31. The van der Waals surface area contributed by atoms with Crippen LogP contribution in [0.3, 0.4) is 0 Å². The van der Waals surface area contributed by atoms with Crippen LogP contribution in [-0.2, 0) is 15.6 Å². The molecule has 0 spiro atoms. The predicted molar refractivity (Wildman–Crippen MR) is 131 cm³/mol. The highest BCUT2D eigenvalue weighted by Crippen LogP contribution is 2.66. The molecule has 33 heavy (non-hydrogen) atoms. The molecule has 1 aromatic rings. The van der Waals surface area contributed by atoms with E-state index >= 15 is 0 Å². The molecule has 178 valence electrons. The summed E-state index contributed by atoms with van der Waals surface area (Å²) in [5.74, 6) is 7.21. The van der Waals surface area contributed by atoms with Crippen molar-refractivity contribution < 1.29 is 9.47 Å². The van der Waals surface area contributed by atoms with Gasteiger partial charge in [0, 0.05) is 22.0 Å². The van der Waals surface area contributed by atoms with E-state index in [2.05, 4.69) is 19.9 Å². The maximum Gasteiger partial charge on any atom is 0.127 e. The van der Waals surface area contributed by atoms with Gasteiger partial charge in [0.05, 0.1) is 6.61 Å². The Morgan fingerprint density at radius 1 is 0.697 bits per heavy atom. The summed E-state index contributed by atoms with van der Waals surface area (Å²) in [6.45, 7) is 6.50. The lowest BCUT2D eigenvalue weighted by atomic mass is 9.45. The highest BCUT2D eigenvalue weighted by Gasteiger charge is 2.56. The second kappa shape index (κ2) is 6.80. The van der Waals surface area contributed by atoms with Gasteiger partial charge >= 0.3 is 0 Å². The highest BCUT2D eigenvalue weighted by atomic mass is 16.6. The van der Waals surface area contributed by atoms with Crippen LogP contribution in [0.5, 0.6) is 5.75 Å². The zero-order chi connectivity index (χ0) is 21.9. The summed E-state index contributed by atoms with van der Waals surface area (Å²) < 4.78 is 12.7. The Labute approximate surface area is 200 Å². The van der Waals surface area contributed by atoms with E-state index in [1.165, 1.54) is 93.9 Å². The van der Waals surface area contributed by atoms with E-state index in [-0.39, 0.29) is 0 Å². The summed E-state index contributed by atoms with van der Waals surface area (Å²) >= 11 is 0. The lowest BCUT2D eigenvalue weighted by Crippen LogP contribution is -2.50. The van der Waals surface area contributed by atoms with E-state index < -0.39 is 0 Å². The monoisotopic (exact) mass is 446 g/mol. The van der Waals surface area contributed by atoms with Crippen molar-refractivity contribution in [1.82, 2.24) is 0 Å². The number of ether oxygens (including phenoxy) is 2. The van der Waals surface area contributed by atoms with Gasteiger partial charge in [-0.2, -0.15) is 0 Å². The molecule has 1 heterocycles. The fraction of sp³-hybridized carbons (Fsp3) is 0.806. The van der Waals surface area contributed by atoms with Crippen LogP contribution in [0.4, 0.5) is 0 Å². The van der Waals surface area contributed by atoms with E-state index in [1.54, 1.807) is 11.1 Å². The molecule has 9 fully saturated rings. The van der Waals surface area contributed by atoms with Gasteiger partial charge in [-0.15, -0.1) is 0 Å². The molecule has 1 saturated heterocycles. The number of hydrogen-bond donors (Lipinski definition) is 0. The topological polar surface area (TPSA) is 21.8 Å². The Kier molecular flexibility index (Phi) is 4.16. The maximum absolute atomic E-state index is 7.01. The van der Waals surface area contributed by atoms with Crippen molar-refractivity contribution in [2.24, 2.45) is 35.5 Å². The molecule has 10 rings (SSSR count). The van der Waals surface area contributed by atoms with E-state index in [9.17, 15) is 0 Å². The van der Waals surface area contributed by atoms with Crippen molar-refractivity contribution in [3.63, 3.8) is 0 Å². The Hall–Kier alpha value is -1.02. The van der Waals surface area contributed by atoms with E-state index in [0.29, 0.717) is 16.9 Å². The van der Waals surface area contributed by atoms with Crippen LogP contribution in [0.2, 0.25) is 0 Å². The van der Waals surface area contributed by atoms with Crippen molar-refractivity contribution in [3.05, 3.63) is 28.3 Å². The van der Waals surface area contributed by atoms with Gasteiger partial charge < -0.3 is 9.47 Å². The summed E-state index contributed by atoms with van der Waals surface area (Å²) in [7, 11) is 0. The quantitative estimate of drug-likeness (QED) is 0.453. The smallest absolute Gasteiger partial charge is 0.127 e. The zero-order valence-corrected chi connectivity index (χ0v) is 20.8. The molecule has 2 heteroatoms. The lowest BCUT2D eigenvalue weighted by Gasteiger charge is -2.59. The first kappa shape index (κ1) is 20.2. The van der Waals surface area contributed by atoms with Gasteiger partial charge in [0.25, 0.3) is 0 Å². The highest BCUT2D eigenvalue weighted by molar-refractivity contribution is 5.58. The molecule has 1 unspecified atom stereocenters. The normalized spacial score (nSPS) is 48.5. The van der Waals surface area contributed by atoms with Gasteiger partial charge in [-0.05, 0) is 138 Å². The molecular weight excluding hydrogens is 404 g/mol. The molecule has 8 saturated carbocycles. The minimum atomic E-state index is 0.333. The standard InChI is InChI=1S/C31H42O2/c1-18-3-19(2)28(31-13-23-7-24(14-31)9-25(8-23)15-31)29(33-17-26-16-32-26)27(18)30-10-20-4-21(11-30)6-22(5-20)12-30/h3,20-26H,4-17H2,1-2H3. The second-order valence-electron chi connectivity index (χ2n) is 14.3. The lowest BCUT2D eigenvalue weighted by molar-refractivity contribution is -0.0112. The fourth-order valence-electron chi connectivity index (χ4n) is 11.6. The number of aryl methyl sites for hydroxylation is 2. The van der Waals surface area contributed by atoms with Crippen molar-refractivity contribution in [2.45, 2.75) is 108 Å². The van der Waals surface area contributed by atoms with Crippen molar-refractivity contribution in [3.8, 4) is 5.75 Å². The average molecular weight is 447 g/mol. The summed E-state index contributed by atoms with van der Waals surface area (Å²) in [4.78, 5) is 0. The SMILES string of the molecule is Cc1cc(C)c(C23CC4CC(CC(C4)C2)C3)c(OCC2CO2)c1C12CC3CC(CC(C3)C1)C2. The van der Waals surface area contributed by atoms with E-state index in [1.807, 2.05) is 0 Å². The average Bonchev–Trinajstić information content (AvgIpc) is 3.54. The minimum absolute atomic E-state index is 0.333. The summed E-state index contributed by atoms with van der Waals surface area (Å²) in [6.07, 6.45) is 18.0. The van der Waals surface area contributed by atoms with Gasteiger partial charge in [0.2, 0.25) is 0 Å². The first-order chi connectivity index (χ1) is 16.0. The van der Waals surface area contributed by atoms with Gasteiger partial charge in [-0.25, -0.2) is 0 Å². The van der Waals surface area contributed by atoms with Crippen LogP contribution in [-0.4, -0.2) is 19.3 Å². The molecule has 0 N–H and O–H groups in total. The molecule has 2 nitrogen and oxygen atoms in total. The summed E-state index contributed by atoms with van der Waals surface area (Å²) in [5.41, 5.74) is 7.22. The Morgan fingerprint density at radius 3 is 1.39 bits per heavy atom. The van der Waals surface area contributed by atoms with Crippen LogP contribution in [0.15, 0.2) is 6.07 Å². The third-order valence-corrected chi connectivity index (χ3v) is 11.6. The van der Waals surface area contributed by atoms with Crippen molar-refractivity contribution in [1.29, 1.82) is 0 Å². The van der Waals surface area contributed by atoms with Gasteiger partial charge in [0.15, 0.2) is 0 Å². The van der Waals surface area contributed by atoms with Gasteiger partial charge in [-0.3, -0.25) is 0 Å². The number of epoxide rings is 1. The van der Waals surface area contributed by atoms with Crippen molar-refractivity contribution >= 4 is 0 Å². The molecule has 9 aliphatic rings. The second-order valence-corrected chi connectivity index (χ2v) is 14.3. The van der Waals surface area contributed by atoms with E-state index in [0.717, 1.165) is 48.7 Å². The third-order valence-electron chi connectivity index (χ3n) is 11.6. The molecule has 1 aromatic carbocycles. The molecular formula is C31H42O2. The molecule has 8 aliphatic carbocycles. The van der Waals surface area contributed by atoms with Crippen LogP contribution >= 0.6 is 0 Å². The van der Waals surface area contributed by atoms with Crippen molar-refractivity contribution in [2.75, 3.05) is 13.2 Å². The number of hydrogen-bond acceptors (Lipinski definition) is 2. The van der Waals surface area contributed by atoms with Crippen LogP contribution in [0.1, 0.15) is 99.3 Å². The summed E-state index contributed by atoms with van der Waals surface area (Å²) in [5, 5.41) is 0. The summed E-state index contributed by atoms with van der Waals surface area (Å²) in [6, 6.07) is 2.60. The van der Waals surface area contributed by atoms with E-state index in [4.69, 9.17) is 9.47 Å². The van der Waals surface area contributed by atoms with Crippen LogP contribution < -0.4 is 4.74 Å². The molecule has 1 aliphatic heterocycles. The first-order valence-corrected chi connectivity index (χ1v) is 14.4. The first-order valence-electron chi connectivity index (χ1n) is 14.4. The Morgan fingerprint density at radius 2 is 1.06 bits per heavy atom. The number of rotatable bonds is 5. The van der Waals surface area contributed by atoms with Gasteiger partial charge in [-0.1, -0.05) is 6.07 Å². The molecule has 8 bridgehead atoms. The van der Waals surface area contributed by atoms with Gasteiger partial charge in [0.1, 0.15) is 18.5 Å².